The molecule has 2 heterocycles. The first-order valence-corrected chi connectivity index (χ1v) is 15.1. The summed E-state index contributed by atoms with van der Waals surface area (Å²) in [5.74, 6) is -3.45. The van der Waals surface area contributed by atoms with Gasteiger partial charge in [-0.25, -0.2) is 4.79 Å². The molecule has 2 aliphatic heterocycles. The van der Waals surface area contributed by atoms with Crippen molar-refractivity contribution in [1.82, 2.24) is 20.9 Å². The number of nitrogens with one attached hydrogen (secondary N) is 3. The topological polar surface area (TPSA) is 154 Å². The van der Waals surface area contributed by atoms with Crippen LogP contribution in [0, 0.1) is 10.8 Å². The van der Waals surface area contributed by atoms with Gasteiger partial charge in [-0.3, -0.25) is 29.3 Å². The molecule has 4 aliphatic rings. The van der Waals surface area contributed by atoms with Crippen LogP contribution >= 0.6 is 0 Å². The van der Waals surface area contributed by atoms with Crippen molar-refractivity contribution in [2.75, 3.05) is 18.0 Å². The number of amides is 6. The van der Waals surface area contributed by atoms with Gasteiger partial charge in [0.15, 0.2) is 0 Å². The molecular formula is C31H41N5O7. The lowest BCUT2D eigenvalue weighted by Gasteiger charge is -2.35. The van der Waals surface area contributed by atoms with E-state index >= 15 is 0 Å². The Morgan fingerprint density at radius 2 is 1.63 bits per heavy atom. The standard InChI is InChI=1S/C31H41N5O7/c1-30(2,3)24(33-29(42)43-21-11-7-8-12-21)28(41)36-18-31(16-23(37)35(17-31)20-9-5-4-6-10-20)15-22(36)25(38)34-27(40)26(39)32-19-13-14-19/h4-6,9-10,19,21-22,24H,7-8,11-18H2,1-3H3,(H,32,39)(H,33,42)(H,34,38,40)/t22?,24-,31+/m1/s1. The smallest absolute Gasteiger partial charge is 0.408 e. The van der Waals surface area contributed by atoms with Gasteiger partial charge < -0.3 is 25.2 Å². The second kappa shape index (κ2) is 12.0. The molecule has 1 spiro atoms. The van der Waals surface area contributed by atoms with Gasteiger partial charge in [0.25, 0.3) is 0 Å². The number of ether oxygens (including phenoxy) is 1. The van der Waals surface area contributed by atoms with Gasteiger partial charge in [-0.2, -0.15) is 0 Å². The number of likely N-dealkylation sites (tertiary alicyclic amines) is 1. The molecule has 0 aromatic heterocycles. The second-order valence-electron chi connectivity index (χ2n) is 13.5. The molecule has 4 fully saturated rings. The highest BCUT2D eigenvalue weighted by Crippen LogP contribution is 2.45. The lowest BCUT2D eigenvalue weighted by molar-refractivity contribution is -0.146. The van der Waals surface area contributed by atoms with Crippen molar-refractivity contribution >= 4 is 41.3 Å². The first-order chi connectivity index (χ1) is 20.3. The maximum Gasteiger partial charge on any atom is 0.408 e. The van der Waals surface area contributed by atoms with Crippen LogP contribution in [0.15, 0.2) is 30.3 Å². The number of carbonyl (C=O) groups excluding carboxylic acids is 6. The fourth-order valence-corrected chi connectivity index (χ4v) is 6.36. The first-order valence-electron chi connectivity index (χ1n) is 15.1. The van der Waals surface area contributed by atoms with Crippen LogP contribution in [0.1, 0.15) is 72.1 Å². The number of hydrogen-bond donors (Lipinski definition) is 3. The molecule has 12 nitrogen and oxygen atoms in total. The second-order valence-corrected chi connectivity index (χ2v) is 13.5. The minimum Gasteiger partial charge on any atom is -0.446 e. The van der Waals surface area contributed by atoms with Crippen LogP contribution in [0.25, 0.3) is 0 Å². The third-order valence-electron chi connectivity index (χ3n) is 8.79. The Kier molecular flexibility index (Phi) is 8.49. The SMILES string of the molecule is CC(C)(C)[C@H](NC(=O)OC1CCCC1)C(=O)N1C[C@]2(CC(=O)N(c3ccccc3)C2)CC1C(=O)NC(=O)C(=O)NC1CC1. The highest BCUT2D eigenvalue weighted by Gasteiger charge is 2.56. The van der Waals surface area contributed by atoms with E-state index in [1.165, 1.54) is 4.90 Å². The van der Waals surface area contributed by atoms with E-state index in [0.717, 1.165) is 38.5 Å². The van der Waals surface area contributed by atoms with Crippen molar-refractivity contribution in [3.8, 4) is 0 Å². The number of rotatable bonds is 6. The Bertz CT molecular complexity index is 1280. The minimum atomic E-state index is -1.13. The number of imide groups is 1. The van der Waals surface area contributed by atoms with Crippen LogP contribution in [-0.2, 0) is 28.7 Å². The van der Waals surface area contributed by atoms with Gasteiger partial charge in [0.1, 0.15) is 18.2 Å². The van der Waals surface area contributed by atoms with Crippen LogP contribution in [0.2, 0.25) is 0 Å². The summed E-state index contributed by atoms with van der Waals surface area (Å²) in [5, 5.41) is 7.46. The highest BCUT2D eigenvalue weighted by atomic mass is 16.6. The Balaban J connectivity index is 1.38. The number of nitrogens with zero attached hydrogens (tertiary/aromatic N) is 2. The predicted molar refractivity (Wildman–Crippen MR) is 155 cm³/mol. The molecule has 1 aromatic rings. The van der Waals surface area contributed by atoms with Crippen molar-refractivity contribution in [3.63, 3.8) is 0 Å². The number of benzene rings is 1. The fourth-order valence-electron chi connectivity index (χ4n) is 6.36. The Morgan fingerprint density at radius 1 is 0.953 bits per heavy atom. The third-order valence-corrected chi connectivity index (χ3v) is 8.79. The third kappa shape index (κ3) is 7.00. The minimum absolute atomic E-state index is 0.0629. The van der Waals surface area contributed by atoms with Gasteiger partial charge in [0.2, 0.25) is 17.7 Å². The summed E-state index contributed by atoms with van der Waals surface area (Å²) in [6.07, 6.45) is 4.35. The molecule has 43 heavy (non-hydrogen) atoms. The number of anilines is 1. The van der Waals surface area contributed by atoms with Gasteiger partial charge >= 0.3 is 17.9 Å². The number of hydrogen-bond acceptors (Lipinski definition) is 7. The van der Waals surface area contributed by atoms with E-state index < -0.39 is 52.6 Å². The molecule has 1 unspecified atom stereocenters. The van der Waals surface area contributed by atoms with Crippen molar-refractivity contribution in [3.05, 3.63) is 30.3 Å². The van der Waals surface area contributed by atoms with E-state index in [1.807, 2.05) is 30.3 Å². The summed E-state index contributed by atoms with van der Waals surface area (Å²) in [6, 6.07) is 6.90. The normalized spacial score (nSPS) is 24.6. The molecule has 5 rings (SSSR count). The molecule has 2 saturated heterocycles. The van der Waals surface area contributed by atoms with E-state index in [9.17, 15) is 28.8 Å². The Morgan fingerprint density at radius 3 is 2.26 bits per heavy atom. The van der Waals surface area contributed by atoms with E-state index in [0.29, 0.717) is 5.69 Å². The molecule has 2 aliphatic carbocycles. The van der Waals surface area contributed by atoms with Crippen LogP contribution in [0.4, 0.5) is 10.5 Å². The maximum atomic E-state index is 14.2. The number of alkyl carbamates (subject to hydrolysis) is 1. The van der Waals surface area contributed by atoms with Crippen LogP contribution in [0.3, 0.4) is 0 Å². The number of carbonyl (C=O) groups is 6. The molecule has 6 amide bonds. The van der Waals surface area contributed by atoms with Crippen molar-refractivity contribution in [2.45, 2.75) is 96.4 Å². The number of para-hydroxylation sites is 1. The summed E-state index contributed by atoms with van der Waals surface area (Å²) in [4.78, 5) is 81.7. The van der Waals surface area contributed by atoms with Gasteiger partial charge in [-0.05, 0) is 62.5 Å². The fraction of sp³-hybridized carbons (Fsp3) is 0.613. The van der Waals surface area contributed by atoms with E-state index in [-0.39, 0.29) is 44.0 Å². The average molecular weight is 596 g/mol. The van der Waals surface area contributed by atoms with Crippen molar-refractivity contribution in [2.24, 2.45) is 10.8 Å². The molecular weight excluding hydrogens is 554 g/mol. The van der Waals surface area contributed by atoms with Crippen LogP contribution in [-0.4, -0.2) is 77.8 Å². The summed E-state index contributed by atoms with van der Waals surface area (Å²) in [6.45, 7) is 5.74. The van der Waals surface area contributed by atoms with E-state index in [1.54, 1.807) is 25.7 Å². The van der Waals surface area contributed by atoms with E-state index in [2.05, 4.69) is 16.0 Å². The van der Waals surface area contributed by atoms with Crippen molar-refractivity contribution in [1.29, 1.82) is 0 Å². The first kappa shape index (κ1) is 30.5. The zero-order valence-corrected chi connectivity index (χ0v) is 25.0. The Hall–Kier alpha value is -3.96. The molecule has 0 bridgehead atoms. The lowest BCUT2D eigenvalue weighted by Crippen LogP contribution is -2.58. The van der Waals surface area contributed by atoms with E-state index in [4.69, 9.17) is 4.74 Å². The van der Waals surface area contributed by atoms with Gasteiger partial charge in [-0.1, -0.05) is 39.0 Å². The zero-order valence-electron chi connectivity index (χ0n) is 25.0. The monoisotopic (exact) mass is 595 g/mol. The summed E-state index contributed by atoms with van der Waals surface area (Å²) < 4.78 is 5.57. The maximum absolute atomic E-state index is 14.2. The predicted octanol–water partition coefficient (Wildman–Crippen LogP) is 2.02. The average Bonchev–Trinajstić information content (AvgIpc) is 3.33. The molecule has 12 heteroatoms. The largest absolute Gasteiger partial charge is 0.446 e. The quantitative estimate of drug-likeness (QED) is 0.425. The van der Waals surface area contributed by atoms with Crippen LogP contribution < -0.4 is 20.9 Å². The van der Waals surface area contributed by atoms with Gasteiger partial charge in [0.05, 0.1) is 0 Å². The highest BCUT2D eigenvalue weighted by molar-refractivity contribution is 6.38. The summed E-state index contributed by atoms with van der Waals surface area (Å²) in [5.41, 5.74) is -0.813. The summed E-state index contributed by atoms with van der Waals surface area (Å²) >= 11 is 0. The van der Waals surface area contributed by atoms with Crippen molar-refractivity contribution < 1.29 is 33.5 Å². The molecule has 2 saturated carbocycles. The van der Waals surface area contributed by atoms with Gasteiger partial charge in [0, 0.05) is 36.7 Å². The summed E-state index contributed by atoms with van der Waals surface area (Å²) in [7, 11) is 0. The lowest BCUT2D eigenvalue weighted by atomic mass is 9.84. The molecule has 3 N–H and O–H groups in total. The zero-order chi connectivity index (χ0) is 30.9. The molecule has 1 aromatic carbocycles. The molecule has 232 valence electrons. The van der Waals surface area contributed by atoms with Crippen LogP contribution in [0.5, 0.6) is 0 Å². The molecule has 0 radical (unpaired) electrons. The Labute approximate surface area is 251 Å². The van der Waals surface area contributed by atoms with Gasteiger partial charge in [-0.15, -0.1) is 0 Å². The molecule has 3 atom stereocenters.